The minimum atomic E-state index is 0.570. The maximum atomic E-state index is 4.51. The fraction of sp³-hybridized carbons (Fsp3) is 0.800. The molecule has 2 rings (SSSR count). The molecule has 0 amide bonds. The number of nitrogens with zero attached hydrogens (tertiary/aromatic N) is 1. The van der Waals surface area contributed by atoms with Crippen LogP contribution in [0.25, 0.3) is 0 Å². The first-order valence-electron chi connectivity index (χ1n) is 7.21. The highest BCUT2D eigenvalue weighted by atomic mass is 32.1. The van der Waals surface area contributed by atoms with Gasteiger partial charge in [0.15, 0.2) is 0 Å². The Kier molecular flexibility index (Phi) is 4.79. The second-order valence-electron chi connectivity index (χ2n) is 6.29. The molecule has 1 aromatic heterocycles. The van der Waals surface area contributed by atoms with Crippen molar-refractivity contribution < 1.29 is 0 Å². The summed E-state index contributed by atoms with van der Waals surface area (Å²) in [6.45, 7) is 8.88. The van der Waals surface area contributed by atoms with Gasteiger partial charge < -0.3 is 5.32 Å². The molecular weight excluding hydrogens is 240 g/mol. The SMILES string of the molecule is Cc1csc(CNCC2(CC(C)C)CCCC2)n1. The summed E-state index contributed by atoms with van der Waals surface area (Å²) in [7, 11) is 0. The van der Waals surface area contributed by atoms with Crippen molar-refractivity contribution in [1.82, 2.24) is 10.3 Å². The van der Waals surface area contributed by atoms with E-state index < -0.39 is 0 Å². The molecule has 3 heteroatoms. The van der Waals surface area contributed by atoms with Crippen LogP contribution in [-0.2, 0) is 6.54 Å². The zero-order chi connectivity index (χ0) is 13.0. The zero-order valence-corrected chi connectivity index (χ0v) is 12.8. The molecule has 0 aromatic carbocycles. The fourth-order valence-corrected chi connectivity index (χ4v) is 4.10. The highest BCUT2D eigenvalue weighted by Gasteiger charge is 2.33. The monoisotopic (exact) mass is 266 g/mol. The average Bonchev–Trinajstić information content (AvgIpc) is 2.88. The van der Waals surface area contributed by atoms with Gasteiger partial charge in [-0.25, -0.2) is 4.98 Å². The normalized spacial score (nSPS) is 18.7. The molecule has 0 saturated heterocycles. The molecule has 1 N–H and O–H groups in total. The van der Waals surface area contributed by atoms with E-state index in [4.69, 9.17) is 0 Å². The number of thiazole rings is 1. The molecule has 0 bridgehead atoms. The van der Waals surface area contributed by atoms with Gasteiger partial charge in [-0.3, -0.25) is 0 Å². The van der Waals surface area contributed by atoms with E-state index in [1.807, 2.05) is 0 Å². The Hall–Kier alpha value is -0.410. The smallest absolute Gasteiger partial charge is 0.107 e. The second-order valence-corrected chi connectivity index (χ2v) is 7.23. The molecule has 0 spiro atoms. The highest BCUT2D eigenvalue weighted by Crippen LogP contribution is 2.42. The Labute approximate surface area is 115 Å². The van der Waals surface area contributed by atoms with Crippen molar-refractivity contribution in [2.75, 3.05) is 6.54 Å². The maximum absolute atomic E-state index is 4.51. The lowest BCUT2D eigenvalue weighted by Crippen LogP contribution is -2.33. The van der Waals surface area contributed by atoms with Gasteiger partial charge in [0.1, 0.15) is 5.01 Å². The minimum Gasteiger partial charge on any atom is -0.310 e. The van der Waals surface area contributed by atoms with Gasteiger partial charge in [0, 0.05) is 24.2 Å². The molecule has 0 unspecified atom stereocenters. The van der Waals surface area contributed by atoms with E-state index in [0.29, 0.717) is 5.41 Å². The largest absolute Gasteiger partial charge is 0.310 e. The summed E-state index contributed by atoms with van der Waals surface area (Å²) < 4.78 is 0. The Morgan fingerprint density at radius 2 is 2.11 bits per heavy atom. The van der Waals surface area contributed by atoms with E-state index in [1.54, 1.807) is 11.3 Å². The molecule has 0 radical (unpaired) electrons. The lowest BCUT2D eigenvalue weighted by atomic mass is 9.78. The first-order chi connectivity index (χ1) is 8.60. The topological polar surface area (TPSA) is 24.9 Å². The number of aryl methyl sites for hydroxylation is 1. The molecule has 1 aliphatic rings. The Balaban J connectivity index is 1.82. The van der Waals surface area contributed by atoms with Crippen molar-refractivity contribution in [2.45, 2.75) is 59.4 Å². The molecule has 1 heterocycles. The van der Waals surface area contributed by atoms with Crippen LogP contribution >= 0.6 is 11.3 Å². The van der Waals surface area contributed by atoms with Crippen LogP contribution in [0.2, 0.25) is 0 Å². The van der Waals surface area contributed by atoms with Gasteiger partial charge in [-0.05, 0) is 37.5 Å². The summed E-state index contributed by atoms with van der Waals surface area (Å²) >= 11 is 1.77. The number of nitrogens with one attached hydrogen (secondary N) is 1. The van der Waals surface area contributed by atoms with Crippen molar-refractivity contribution in [3.05, 3.63) is 16.1 Å². The predicted octanol–water partition coefficient (Wildman–Crippen LogP) is 4.15. The van der Waals surface area contributed by atoms with Gasteiger partial charge in [0.05, 0.1) is 0 Å². The summed E-state index contributed by atoms with van der Waals surface area (Å²) in [5, 5.41) is 7.01. The summed E-state index contributed by atoms with van der Waals surface area (Å²) in [6, 6.07) is 0. The van der Waals surface area contributed by atoms with Crippen LogP contribution in [0.3, 0.4) is 0 Å². The first kappa shape index (κ1) is 14.0. The van der Waals surface area contributed by atoms with Crippen LogP contribution < -0.4 is 5.32 Å². The Morgan fingerprint density at radius 3 is 2.67 bits per heavy atom. The lowest BCUT2D eigenvalue weighted by Gasteiger charge is -2.31. The van der Waals surface area contributed by atoms with E-state index in [0.717, 1.165) is 18.2 Å². The van der Waals surface area contributed by atoms with E-state index >= 15 is 0 Å². The standard InChI is InChI=1S/C15H26N2S/c1-12(2)8-15(6-4-5-7-15)11-16-9-14-17-13(3)10-18-14/h10,12,16H,4-9,11H2,1-3H3. The summed E-state index contributed by atoms with van der Waals surface area (Å²) in [6.07, 6.45) is 7.04. The highest BCUT2D eigenvalue weighted by molar-refractivity contribution is 7.09. The zero-order valence-electron chi connectivity index (χ0n) is 12.0. The molecular formula is C15H26N2S. The van der Waals surface area contributed by atoms with Crippen molar-refractivity contribution in [3.8, 4) is 0 Å². The van der Waals surface area contributed by atoms with E-state index in [-0.39, 0.29) is 0 Å². The molecule has 102 valence electrons. The van der Waals surface area contributed by atoms with E-state index in [9.17, 15) is 0 Å². The third kappa shape index (κ3) is 3.79. The molecule has 1 aliphatic carbocycles. The number of hydrogen-bond acceptors (Lipinski definition) is 3. The number of hydrogen-bond donors (Lipinski definition) is 1. The third-order valence-corrected chi connectivity index (χ3v) is 4.91. The van der Waals surface area contributed by atoms with Gasteiger partial charge in [0.25, 0.3) is 0 Å². The summed E-state index contributed by atoms with van der Waals surface area (Å²) in [4.78, 5) is 4.51. The molecule has 18 heavy (non-hydrogen) atoms. The van der Waals surface area contributed by atoms with Gasteiger partial charge in [-0.15, -0.1) is 11.3 Å². The van der Waals surface area contributed by atoms with Crippen LogP contribution in [0.5, 0.6) is 0 Å². The Bertz CT molecular complexity index is 364. The molecule has 1 fully saturated rings. The van der Waals surface area contributed by atoms with Crippen LogP contribution in [0.4, 0.5) is 0 Å². The van der Waals surface area contributed by atoms with Gasteiger partial charge in [-0.1, -0.05) is 26.7 Å². The van der Waals surface area contributed by atoms with Crippen LogP contribution in [0.15, 0.2) is 5.38 Å². The number of aromatic nitrogens is 1. The summed E-state index contributed by atoms with van der Waals surface area (Å²) in [5.74, 6) is 0.812. The molecule has 1 saturated carbocycles. The van der Waals surface area contributed by atoms with Gasteiger partial charge in [-0.2, -0.15) is 0 Å². The summed E-state index contributed by atoms with van der Waals surface area (Å²) in [5.41, 5.74) is 1.72. The maximum Gasteiger partial charge on any atom is 0.107 e. The van der Waals surface area contributed by atoms with Crippen LogP contribution in [0, 0.1) is 18.3 Å². The molecule has 1 aromatic rings. The van der Waals surface area contributed by atoms with Gasteiger partial charge in [0.2, 0.25) is 0 Å². The number of rotatable bonds is 6. The van der Waals surface area contributed by atoms with Gasteiger partial charge >= 0.3 is 0 Å². The molecule has 0 atom stereocenters. The molecule has 0 aliphatic heterocycles. The Morgan fingerprint density at radius 1 is 1.39 bits per heavy atom. The van der Waals surface area contributed by atoms with Crippen molar-refractivity contribution >= 4 is 11.3 Å². The van der Waals surface area contributed by atoms with E-state index in [2.05, 4.69) is 36.5 Å². The van der Waals surface area contributed by atoms with Crippen molar-refractivity contribution in [3.63, 3.8) is 0 Å². The van der Waals surface area contributed by atoms with Crippen LogP contribution in [0.1, 0.15) is 56.7 Å². The molecule has 2 nitrogen and oxygen atoms in total. The lowest BCUT2D eigenvalue weighted by molar-refractivity contribution is 0.223. The second kappa shape index (κ2) is 6.16. The van der Waals surface area contributed by atoms with Crippen molar-refractivity contribution in [1.29, 1.82) is 0 Å². The quantitative estimate of drug-likeness (QED) is 0.836. The predicted molar refractivity (Wildman–Crippen MR) is 78.9 cm³/mol. The van der Waals surface area contributed by atoms with Crippen LogP contribution in [-0.4, -0.2) is 11.5 Å². The van der Waals surface area contributed by atoms with Crippen molar-refractivity contribution in [2.24, 2.45) is 11.3 Å². The van der Waals surface area contributed by atoms with E-state index in [1.165, 1.54) is 43.7 Å². The minimum absolute atomic E-state index is 0.570. The average molecular weight is 266 g/mol. The third-order valence-electron chi connectivity index (χ3n) is 3.95. The first-order valence-corrected chi connectivity index (χ1v) is 8.09. The fourth-order valence-electron chi connectivity index (χ4n) is 3.36.